The van der Waals surface area contributed by atoms with E-state index in [4.69, 9.17) is 15.7 Å². The zero-order valence-corrected chi connectivity index (χ0v) is 25.0. The molecule has 0 bridgehead atoms. The molecule has 0 saturated heterocycles. The quantitative estimate of drug-likeness (QED) is 0.217. The molecule has 0 spiro atoms. The van der Waals surface area contributed by atoms with Crippen molar-refractivity contribution in [1.29, 1.82) is 0 Å². The third-order valence-corrected chi connectivity index (χ3v) is 8.95. The van der Waals surface area contributed by atoms with E-state index in [1.165, 1.54) is 10.8 Å². The molecular weight excluding hydrogens is 562 g/mol. The summed E-state index contributed by atoms with van der Waals surface area (Å²) in [6.45, 7) is 0.497. The maximum absolute atomic E-state index is 5.93. The van der Waals surface area contributed by atoms with E-state index in [9.17, 15) is 0 Å². The maximum Gasteiger partial charge on any atom is 0.235 e. The van der Waals surface area contributed by atoms with Crippen molar-refractivity contribution in [2.75, 3.05) is 0 Å². The van der Waals surface area contributed by atoms with Crippen LogP contribution in [0.2, 0.25) is 0 Å². The first-order valence-corrected chi connectivity index (χ1v) is 15.5. The van der Waals surface area contributed by atoms with Crippen LogP contribution >= 0.6 is 0 Å². The van der Waals surface area contributed by atoms with Crippen LogP contribution in [0.15, 0.2) is 152 Å². The normalized spacial score (nSPS) is 11.7. The standard InChI is InChI=1S/C41H29N5/c42-26-27-19-21-29(22-20-27)36-25-35(28-11-3-1-4-12-28)43-41(44-36)46-38-18-10-8-16-32(38)34-24-23-33-31-15-7-9-17-37(31)45(39(33)40(34)46)30-13-5-2-6-14-30/h1-25H,26,42H2. The van der Waals surface area contributed by atoms with Crippen LogP contribution < -0.4 is 5.73 Å². The van der Waals surface area contributed by atoms with Gasteiger partial charge in [0.2, 0.25) is 5.95 Å². The minimum absolute atomic E-state index is 0.497. The molecule has 0 aliphatic rings. The number of hydrogen-bond acceptors (Lipinski definition) is 3. The Morgan fingerprint density at radius 3 is 1.57 bits per heavy atom. The Balaban J connectivity index is 1.45. The van der Waals surface area contributed by atoms with Crippen LogP contribution in [0.25, 0.3) is 77.8 Å². The van der Waals surface area contributed by atoms with Crippen LogP contribution in [0.4, 0.5) is 0 Å². The average molecular weight is 592 g/mol. The number of nitrogens with two attached hydrogens (primary N) is 1. The van der Waals surface area contributed by atoms with E-state index < -0.39 is 0 Å². The van der Waals surface area contributed by atoms with Gasteiger partial charge in [-0.25, -0.2) is 9.97 Å². The number of hydrogen-bond donors (Lipinski definition) is 1. The largest absolute Gasteiger partial charge is 0.326 e. The van der Waals surface area contributed by atoms with E-state index in [0.29, 0.717) is 12.5 Å². The lowest BCUT2D eigenvalue weighted by Gasteiger charge is -2.14. The Labute approximate surface area is 265 Å². The Bertz CT molecular complexity index is 2540. The molecule has 0 aliphatic heterocycles. The van der Waals surface area contributed by atoms with Crippen molar-refractivity contribution < 1.29 is 0 Å². The predicted octanol–water partition coefficient (Wildman–Crippen LogP) is 9.46. The zero-order chi connectivity index (χ0) is 30.6. The van der Waals surface area contributed by atoms with Crippen LogP contribution in [-0.2, 0) is 6.54 Å². The van der Waals surface area contributed by atoms with E-state index in [-0.39, 0.29) is 0 Å². The second-order valence-electron chi connectivity index (χ2n) is 11.6. The van der Waals surface area contributed by atoms with Gasteiger partial charge in [0.15, 0.2) is 0 Å². The Hall–Kier alpha value is -6.04. The van der Waals surface area contributed by atoms with Gasteiger partial charge in [0.1, 0.15) is 0 Å². The molecule has 0 unspecified atom stereocenters. The van der Waals surface area contributed by atoms with E-state index in [0.717, 1.165) is 66.6 Å². The SMILES string of the molecule is NCc1ccc(-c2cc(-c3ccccc3)nc(-n3c4ccccc4c4ccc5c6ccccc6n(-c6ccccc6)c5c43)n2)cc1. The average Bonchev–Trinajstić information content (AvgIpc) is 3.65. The molecule has 218 valence electrons. The van der Waals surface area contributed by atoms with E-state index in [2.05, 4.69) is 155 Å². The molecule has 0 fully saturated rings. The van der Waals surface area contributed by atoms with E-state index in [1.54, 1.807) is 0 Å². The first-order valence-electron chi connectivity index (χ1n) is 15.5. The summed E-state index contributed by atoms with van der Waals surface area (Å²) in [5.41, 5.74) is 16.3. The highest BCUT2D eigenvalue weighted by Crippen LogP contribution is 2.41. The molecule has 0 saturated carbocycles. The molecule has 9 aromatic rings. The number of rotatable bonds is 5. The summed E-state index contributed by atoms with van der Waals surface area (Å²) in [6.07, 6.45) is 0. The van der Waals surface area contributed by atoms with E-state index in [1.807, 2.05) is 6.07 Å². The summed E-state index contributed by atoms with van der Waals surface area (Å²) in [5.74, 6) is 0.628. The zero-order valence-electron chi connectivity index (χ0n) is 25.0. The molecule has 0 aliphatic carbocycles. The molecule has 5 heteroatoms. The fraction of sp³-hybridized carbons (Fsp3) is 0.0244. The summed E-state index contributed by atoms with van der Waals surface area (Å²) in [7, 11) is 0. The first kappa shape index (κ1) is 26.4. The molecule has 6 aromatic carbocycles. The van der Waals surface area contributed by atoms with Crippen LogP contribution in [0.1, 0.15) is 5.56 Å². The maximum atomic E-state index is 5.93. The molecule has 5 nitrogen and oxygen atoms in total. The Kier molecular flexibility index (Phi) is 6.05. The molecule has 2 N–H and O–H groups in total. The van der Waals surface area contributed by atoms with Crippen LogP contribution in [0.3, 0.4) is 0 Å². The van der Waals surface area contributed by atoms with Crippen molar-refractivity contribution in [3.05, 3.63) is 157 Å². The lowest BCUT2D eigenvalue weighted by atomic mass is 10.1. The molecular formula is C41H29N5. The molecule has 0 atom stereocenters. The second kappa shape index (κ2) is 10.5. The number of para-hydroxylation sites is 3. The molecule has 9 rings (SSSR count). The van der Waals surface area contributed by atoms with Gasteiger partial charge in [-0.1, -0.05) is 121 Å². The molecule has 3 heterocycles. The van der Waals surface area contributed by atoms with Gasteiger partial charge in [-0.15, -0.1) is 0 Å². The van der Waals surface area contributed by atoms with Gasteiger partial charge in [-0.3, -0.25) is 4.57 Å². The third kappa shape index (κ3) is 4.06. The van der Waals surface area contributed by atoms with Gasteiger partial charge >= 0.3 is 0 Å². The summed E-state index contributed by atoms with van der Waals surface area (Å²) < 4.78 is 4.64. The molecule has 46 heavy (non-hydrogen) atoms. The van der Waals surface area contributed by atoms with Gasteiger partial charge in [-0.05, 0) is 35.9 Å². The predicted molar refractivity (Wildman–Crippen MR) is 189 cm³/mol. The number of benzene rings is 6. The highest BCUT2D eigenvalue weighted by Gasteiger charge is 2.22. The summed E-state index contributed by atoms with van der Waals surface area (Å²) in [6, 6.07) is 53.1. The van der Waals surface area contributed by atoms with Crippen molar-refractivity contribution in [3.63, 3.8) is 0 Å². The van der Waals surface area contributed by atoms with Crippen LogP contribution in [-0.4, -0.2) is 19.1 Å². The smallest absolute Gasteiger partial charge is 0.235 e. The van der Waals surface area contributed by atoms with Gasteiger partial charge < -0.3 is 10.3 Å². The lowest BCUT2D eigenvalue weighted by molar-refractivity contribution is 0.994. The van der Waals surface area contributed by atoms with Crippen LogP contribution in [0, 0.1) is 0 Å². The molecule has 0 radical (unpaired) electrons. The summed E-state index contributed by atoms with van der Waals surface area (Å²) >= 11 is 0. The van der Waals surface area contributed by atoms with Gasteiger partial charge in [0.05, 0.1) is 33.5 Å². The Morgan fingerprint density at radius 2 is 0.957 bits per heavy atom. The van der Waals surface area contributed by atoms with Crippen molar-refractivity contribution in [2.45, 2.75) is 6.54 Å². The highest BCUT2D eigenvalue weighted by atomic mass is 15.2. The highest BCUT2D eigenvalue weighted by molar-refractivity contribution is 6.23. The summed E-state index contributed by atoms with van der Waals surface area (Å²) in [4.78, 5) is 10.6. The fourth-order valence-electron chi connectivity index (χ4n) is 6.80. The van der Waals surface area contributed by atoms with Crippen LogP contribution in [0.5, 0.6) is 0 Å². The van der Waals surface area contributed by atoms with Crippen molar-refractivity contribution in [1.82, 2.24) is 19.1 Å². The van der Waals surface area contributed by atoms with Crippen molar-refractivity contribution in [2.24, 2.45) is 5.73 Å². The van der Waals surface area contributed by atoms with Gasteiger partial charge in [0, 0.05) is 44.9 Å². The number of aromatic nitrogens is 4. The molecule has 0 amide bonds. The minimum atomic E-state index is 0.497. The second-order valence-corrected chi connectivity index (χ2v) is 11.6. The lowest BCUT2D eigenvalue weighted by Crippen LogP contribution is -2.05. The fourth-order valence-corrected chi connectivity index (χ4v) is 6.80. The third-order valence-electron chi connectivity index (χ3n) is 8.95. The first-order chi connectivity index (χ1) is 22.8. The van der Waals surface area contributed by atoms with Gasteiger partial charge in [-0.2, -0.15) is 0 Å². The summed E-state index contributed by atoms with van der Waals surface area (Å²) in [5, 5.41) is 4.71. The number of nitrogens with zero attached hydrogens (tertiary/aromatic N) is 4. The number of fused-ring (bicyclic) bond motifs is 7. The monoisotopic (exact) mass is 591 g/mol. The molecule has 3 aromatic heterocycles. The van der Waals surface area contributed by atoms with Crippen molar-refractivity contribution >= 4 is 43.6 Å². The van der Waals surface area contributed by atoms with Crippen molar-refractivity contribution in [3.8, 4) is 34.2 Å². The topological polar surface area (TPSA) is 61.7 Å². The van der Waals surface area contributed by atoms with E-state index >= 15 is 0 Å². The minimum Gasteiger partial charge on any atom is -0.326 e. The Morgan fingerprint density at radius 1 is 0.457 bits per heavy atom. The van der Waals surface area contributed by atoms with Gasteiger partial charge in [0.25, 0.3) is 0 Å².